The number of morpholine rings is 1. The molecule has 1 saturated heterocycles. The summed E-state index contributed by atoms with van der Waals surface area (Å²) in [6.07, 6.45) is 1.25. The molecule has 9 nitrogen and oxygen atoms in total. The maximum atomic E-state index is 12.8. The maximum absolute atomic E-state index is 12.8. The van der Waals surface area contributed by atoms with Crippen LogP contribution in [0.3, 0.4) is 0 Å². The molecule has 3 heterocycles. The Morgan fingerprint density at radius 2 is 2.25 bits per heavy atom. The molecular formula is C13H16ClN5O4S. The highest BCUT2D eigenvalue weighted by molar-refractivity contribution is 7.89. The van der Waals surface area contributed by atoms with Crippen LogP contribution in [0.25, 0.3) is 0 Å². The molecule has 3 rings (SSSR count). The molecule has 0 bridgehead atoms. The zero-order chi connectivity index (χ0) is 17.3. The van der Waals surface area contributed by atoms with Crippen LogP contribution in [0.4, 0.5) is 5.82 Å². The van der Waals surface area contributed by atoms with Crippen molar-refractivity contribution in [2.24, 2.45) is 0 Å². The third-order valence-corrected chi connectivity index (χ3v) is 5.66. The lowest BCUT2D eigenvalue weighted by molar-refractivity contribution is -0.0177. The number of pyridine rings is 1. The molecule has 0 spiro atoms. The molecule has 0 aliphatic carbocycles. The van der Waals surface area contributed by atoms with Crippen LogP contribution in [0.15, 0.2) is 21.6 Å². The third-order valence-electron chi connectivity index (χ3n) is 3.56. The van der Waals surface area contributed by atoms with E-state index in [9.17, 15) is 8.42 Å². The van der Waals surface area contributed by atoms with Crippen LogP contribution < -0.4 is 5.73 Å². The van der Waals surface area contributed by atoms with Gasteiger partial charge >= 0.3 is 0 Å². The Morgan fingerprint density at radius 1 is 1.46 bits per heavy atom. The van der Waals surface area contributed by atoms with Crippen molar-refractivity contribution in [3.05, 3.63) is 29.1 Å². The maximum Gasteiger partial charge on any atom is 0.246 e. The number of aromatic nitrogens is 3. The van der Waals surface area contributed by atoms with Crippen molar-refractivity contribution >= 4 is 27.4 Å². The molecule has 0 amide bonds. The van der Waals surface area contributed by atoms with E-state index in [-0.39, 0.29) is 41.3 Å². The number of nitrogen functional groups attached to an aromatic ring is 1. The number of nitrogens with two attached hydrogens (primary N) is 1. The van der Waals surface area contributed by atoms with E-state index < -0.39 is 16.1 Å². The Labute approximate surface area is 143 Å². The molecule has 0 aromatic carbocycles. The lowest BCUT2D eigenvalue weighted by atomic mass is 10.3. The molecule has 1 aliphatic rings. The van der Waals surface area contributed by atoms with Gasteiger partial charge in [-0.2, -0.15) is 4.31 Å². The number of anilines is 1. The molecule has 2 aromatic heterocycles. The van der Waals surface area contributed by atoms with E-state index in [1.807, 2.05) is 6.92 Å². The quantitative estimate of drug-likeness (QED) is 0.842. The summed E-state index contributed by atoms with van der Waals surface area (Å²) in [6.45, 7) is 2.30. The van der Waals surface area contributed by atoms with Gasteiger partial charge in [-0.3, -0.25) is 0 Å². The van der Waals surface area contributed by atoms with Gasteiger partial charge in [0.2, 0.25) is 21.8 Å². The number of sulfonamides is 1. The summed E-state index contributed by atoms with van der Waals surface area (Å²) in [4.78, 5) is 3.67. The fourth-order valence-corrected chi connectivity index (χ4v) is 4.05. The average Bonchev–Trinajstić information content (AvgIpc) is 3.06. The monoisotopic (exact) mass is 373 g/mol. The summed E-state index contributed by atoms with van der Waals surface area (Å²) in [5, 5.41) is 7.97. The van der Waals surface area contributed by atoms with Crippen molar-refractivity contribution in [1.29, 1.82) is 0 Å². The second kappa shape index (κ2) is 6.63. The Hall–Kier alpha value is -1.75. The van der Waals surface area contributed by atoms with E-state index in [2.05, 4.69) is 15.2 Å². The highest BCUT2D eigenvalue weighted by Gasteiger charge is 2.35. The third kappa shape index (κ3) is 3.22. The normalized spacial score (nSPS) is 19.5. The molecule has 1 unspecified atom stereocenters. The number of hydrogen-bond donors (Lipinski definition) is 1. The summed E-state index contributed by atoms with van der Waals surface area (Å²) in [7, 11) is -3.86. The van der Waals surface area contributed by atoms with Crippen molar-refractivity contribution < 1.29 is 17.6 Å². The van der Waals surface area contributed by atoms with Crippen molar-refractivity contribution in [3.63, 3.8) is 0 Å². The highest BCUT2D eigenvalue weighted by Crippen LogP contribution is 2.28. The molecule has 1 atom stereocenters. The lowest BCUT2D eigenvalue weighted by Gasteiger charge is -2.30. The van der Waals surface area contributed by atoms with Gasteiger partial charge in [-0.15, -0.1) is 10.2 Å². The number of aryl methyl sites for hydroxylation is 1. The van der Waals surface area contributed by atoms with Crippen molar-refractivity contribution in [3.8, 4) is 0 Å². The minimum atomic E-state index is -3.86. The first kappa shape index (κ1) is 17.1. The Morgan fingerprint density at radius 3 is 2.96 bits per heavy atom. The molecule has 130 valence electrons. The van der Waals surface area contributed by atoms with Crippen molar-refractivity contribution in [2.45, 2.75) is 24.3 Å². The largest absolute Gasteiger partial charge is 0.422 e. The Balaban J connectivity index is 1.87. The second-order valence-electron chi connectivity index (χ2n) is 5.15. The van der Waals surface area contributed by atoms with Gasteiger partial charge in [0.05, 0.1) is 11.6 Å². The Bertz CT molecular complexity index is 841. The highest BCUT2D eigenvalue weighted by atomic mass is 35.5. The first-order chi connectivity index (χ1) is 11.4. The fourth-order valence-electron chi connectivity index (χ4n) is 2.31. The van der Waals surface area contributed by atoms with E-state index in [1.165, 1.54) is 16.6 Å². The summed E-state index contributed by atoms with van der Waals surface area (Å²) in [6, 6.07) is 1.28. The van der Waals surface area contributed by atoms with E-state index in [0.29, 0.717) is 12.3 Å². The van der Waals surface area contributed by atoms with Crippen molar-refractivity contribution in [2.75, 3.05) is 25.4 Å². The average molecular weight is 374 g/mol. The molecule has 2 aromatic rings. The topological polar surface area (TPSA) is 124 Å². The van der Waals surface area contributed by atoms with Gasteiger partial charge in [-0.25, -0.2) is 13.4 Å². The van der Waals surface area contributed by atoms with Gasteiger partial charge in [0.15, 0.2) is 0 Å². The lowest BCUT2D eigenvalue weighted by Crippen LogP contribution is -2.42. The van der Waals surface area contributed by atoms with Gasteiger partial charge in [0.1, 0.15) is 16.8 Å². The predicted molar refractivity (Wildman–Crippen MR) is 84.8 cm³/mol. The van der Waals surface area contributed by atoms with Gasteiger partial charge in [-0.05, 0) is 6.07 Å². The van der Waals surface area contributed by atoms with Crippen LogP contribution in [0.2, 0.25) is 5.02 Å². The van der Waals surface area contributed by atoms with Crippen molar-refractivity contribution in [1.82, 2.24) is 19.5 Å². The molecule has 24 heavy (non-hydrogen) atoms. The summed E-state index contributed by atoms with van der Waals surface area (Å²) >= 11 is 5.85. The van der Waals surface area contributed by atoms with Crippen LogP contribution in [0, 0.1) is 0 Å². The molecule has 0 saturated carbocycles. The van der Waals surface area contributed by atoms with Gasteiger partial charge < -0.3 is 14.9 Å². The van der Waals surface area contributed by atoms with Crippen LogP contribution >= 0.6 is 11.6 Å². The molecule has 0 radical (unpaired) electrons. The van der Waals surface area contributed by atoms with E-state index in [1.54, 1.807) is 0 Å². The smallest absolute Gasteiger partial charge is 0.246 e. The molecular weight excluding hydrogens is 358 g/mol. The number of halogens is 1. The molecule has 11 heteroatoms. The zero-order valence-electron chi connectivity index (χ0n) is 12.8. The van der Waals surface area contributed by atoms with Crippen LogP contribution in [-0.2, 0) is 21.2 Å². The first-order valence-electron chi connectivity index (χ1n) is 7.27. The minimum absolute atomic E-state index is 0.0413. The zero-order valence-corrected chi connectivity index (χ0v) is 14.4. The number of ether oxygens (including phenoxy) is 1. The molecule has 2 N–H and O–H groups in total. The van der Waals surface area contributed by atoms with E-state index in [4.69, 9.17) is 26.5 Å². The molecule has 1 aliphatic heterocycles. The predicted octanol–water partition coefficient (Wildman–Crippen LogP) is 1.02. The number of hydrogen-bond acceptors (Lipinski definition) is 8. The molecule has 1 fully saturated rings. The van der Waals surface area contributed by atoms with Crippen LogP contribution in [0.1, 0.15) is 24.8 Å². The van der Waals surface area contributed by atoms with Gasteiger partial charge in [-0.1, -0.05) is 18.5 Å². The van der Waals surface area contributed by atoms with E-state index >= 15 is 0 Å². The van der Waals surface area contributed by atoms with Gasteiger partial charge in [0, 0.05) is 25.7 Å². The summed E-state index contributed by atoms with van der Waals surface area (Å²) in [5.74, 6) is 0.620. The van der Waals surface area contributed by atoms with Crippen LogP contribution in [0.5, 0.6) is 0 Å². The van der Waals surface area contributed by atoms with E-state index in [0.717, 1.165) is 0 Å². The summed E-state index contributed by atoms with van der Waals surface area (Å²) in [5.41, 5.74) is 5.70. The summed E-state index contributed by atoms with van der Waals surface area (Å²) < 4.78 is 37.9. The SMILES string of the molecule is CCc1nnc(C2CN(S(=O)(=O)c3cc(Cl)cnc3N)CCO2)o1. The fraction of sp³-hybridized carbons (Fsp3) is 0.462. The number of rotatable bonds is 4. The van der Waals surface area contributed by atoms with Crippen LogP contribution in [-0.4, -0.2) is 47.6 Å². The Kier molecular flexibility index (Phi) is 4.72. The van der Waals surface area contributed by atoms with Gasteiger partial charge in [0.25, 0.3) is 0 Å². The first-order valence-corrected chi connectivity index (χ1v) is 9.08. The second-order valence-corrected chi connectivity index (χ2v) is 7.49. The number of nitrogens with zero attached hydrogens (tertiary/aromatic N) is 4. The standard InChI is InChI=1S/C13H16ClN5O4S/c1-2-11-17-18-13(23-11)9-7-19(3-4-22-9)24(20,21)10-5-8(14)6-16-12(10)15/h5-6,9H,2-4,7H2,1H3,(H2,15,16). The minimum Gasteiger partial charge on any atom is -0.422 e.